The van der Waals surface area contributed by atoms with Gasteiger partial charge in [-0.15, -0.1) is 0 Å². The molecule has 2 rings (SSSR count). The molecule has 1 fully saturated rings. The molecule has 1 heterocycles. The molecule has 0 N–H and O–H groups in total. The van der Waals surface area contributed by atoms with Gasteiger partial charge in [-0.2, -0.15) is 0 Å². The second kappa shape index (κ2) is 9.77. The fraction of sp³-hybridized carbons (Fsp3) is 0.727. The third-order valence-corrected chi connectivity index (χ3v) is 8.16. The Morgan fingerprint density at radius 3 is 2.04 bits per heavy atom. The highest BCUT2D eigenvalue weighted by molar-refractivity contribution is 7.92. The molecule has 1 aromatic carbocycles. The van der Waals surface area contributed by atoms with Crippen LogP contribution in [0.1, 0.15) is 77.7 Å². The zero-order chi connectivity index (χ0) is 19.0. The molecule has 0 saturated carbocycles. The average Bonchev–Trinajstić information content (AvgIpc) is 2.61. The number of nitrogens with zero attached hydrogens (tertiary/aromatic N) is 1. The molecular weight excluding hydrogens is 342 g/mol. The maximum atomic E-state index is 12.1. The van der Waals surface area contributed by atoms with Gasteiger partial charge in [-0.05, 0) is 77.0 Å². The molecule has 26 heavy (non-hydrogen) atoms. The van der Waals surface area contributed by atoms with Crippen molar-refractivity contribution < 1.29 is 8.42 Å². The van der Waals surface area contributed by atoms with Gasteiger partial charge in [-0.25, -0.2) is 8.42 Å². The minimum Gasteiger partial charge on any atom is -0.372 e. The van der Waals surface area contributed by atoms with Crippen molar-refractivity contribution in [2.75, 3.05) is 23.7 Å². The molecule has 0 spiro atoms. The SMILES string of the molecule is CC(C)(C)S(=O)(=O)CCCCCCCc1ccc(N2CCCCC2)cc1. The van der Waals surface area contributed by atoms with E-state index in [1.807, 2.05) is 0 Å². The van der Waals surface area contributed by atoms with Gasteiger partial charge in [0, 0.05) is 18.8 Å². The van der Waals surface area contributed by atoms with Gasteiger partial charge in [-0.3, -0.25) is 0 Å². The van der Waals surface area contributed by atoms with E-state index in [0.717, 1.165) is 25.7 Å². The van der Waals surface area contributed by atoms with Crippen molar-refractivity contribution in [3.8, 4) is 0 Å². The molecule has 3 nitrogen and oxygen atoms in total. The summed E-state index contributed by atoms with van der Waals surface area (Å²) < 4.78 is 23.5. The van der Waals surface area contributed by atoms with Gasteiger partial charge in [0.05, 0.1) is 10.5 Å². The lowest BCUT2D eigenvalue weighted by Gasteiger charge is -2.28. The lowest BCUT2D eigenvalue weighted by molar-refractivity contribution is 0.552. The molecule has 1 aromatic rings. The second-order valence-electron chi connectivity index (χ2n) is 8.66. The average molecular weight is 380 g/mol. The molecule has 0 atom stereocenters. The number of benzene rings is 1. The highest BCUT2D eigenvalue weighted by Crippen LogP contribution is 2.21. The lowest BCUT2D eigenvalue weighted by Crippen LogP contribution is -2.30. The molecule has 1 aliphatic rings. The van der Waals surface area contributed by atoms with Crippen molar-refractivity contribution in [2.45, 2.75) is 83.3 Å². The maximum absolute atomic E-state index is 12.1. The van der Waals surface area contributed by atoms with E-state index >= 15 is 0 Å². The van der Waals surface area contributed by atoms with Crippen molar-refractivity contribution in [3.05, 3.63) is 29.8 Å². The van der Waals surface area contributed by atoms with E-state index in [4.69, 9.17) is 0 Å². The highest BCUT2D eigenvalue weighted by atomic mass is 32.2. The van der Waals surface area contributed by atoms with Gasteiger partial charge in [0.1, 0.15) is 0 Å². The zero-order valence-electron chi connectivity index (χ0n) is 17.0. The Morgan fingerprint density at radius 1 is 0.846 bits per heavy atom. The number of hydrogen-bond donors (Lipinski definition) is 0. The summed E-state index contributed by atoms with van der Waals surface area (Å²) in [7, 11) is -2.95. The standard InChI is InChI=1S/C22H37NO2S/c1-22(2,3)26(24,25)19-11-6-4-5-8-12-20-13-15-21(16-14-20)23-17-9-7-10-18-23/h13-16H,4-12,17-19H2,1-3H3. The first-order valence-corrected chi connectivity index (χ1v) is 12.0. The summed E-state index contributed by atoms with van der Waals surface area (Å²) in [4.78, 5) is 2.50. The van der Waals surface area contributed by atoms with Crippen molar-refractivity contribution in [2.24, 2.45) is 0 Å². The van der Waals surface area contributed by atoms with Crippen LogP contribution in [0.5, 0.6) is 0 Å². The van der Waals surface area contributed by atoms with Crippen molar-refractivity contribution >= 4 is 15.5 Å². The second-order valence-corrected chi connectivity index (χ2v) is 11.5. The first kappa shape index (κ1) is 21.3. The Bertz CT molecular complexity index is 623. The maximum Gasteiger partial charge on any atom is 0.155 e. The fourth-order valence-electron chi connectivity index (χ4n) is 3.48. The number of anilines is 1. The first-order chi connectivity index (χ1) is 12.3. The summed E-state index contributed by atoms with van der Waals surface area (Å²) in [5.41, 5.74) is 2.79. The first-order valence-electron chi connectivity index (χ1n) is 10.4. The molecule has 1 aliphatic heterocycles. The van der Waals surface area contributed by atoms with E-state index in [1.54, 1.807) is 20.8 Å². The van der Waals surface area contributed by atoms with Crippen molar-refractivity contribution in [1.29, 1.82) is 0 Å². The van der Waals surface area contributed by atoms with Gasteiger partial charge < -0.3 is 4.90 Å². The van der Waals surface area contributed by atoms with E-state index in [2.05, 4.69) is 29.2 Å². The summed E-state index contributed by atoms with van der Waals surface area (Å²) in [5, 5.41) is 0. The van der Waals surface area contributed by atoms with Crippen LogP contribution in [0.15, 0.2) is 24.3 Å². The van der Waals surface area contributed by atoms with Crippen LogP contribution in [-0.4, -0.2) is 32.0 Å². The zero-order valence-corrected chi connectivity index (χ0v) is 17.8. The number of hydrogen-bond acceptors (Lipinski definition) is 3. The quantitative estimate of drug-likeness (QED) is 0.540. The van der Waals surface area contributed by atoms with Crippen LogP contribution in [0, 0.1) is 0 Å². The minimum atomic E-state index is -2.95. The summed E-state index contributed by atoms with van der Waals surface area (Å²) in [6, 6.07) is 9.11. The topological polar surface area (TPSA) is 37.4 Å². The molecular formula is C22H37NO2S. The monoisotopic (exact) mass is 379 g/mol. The smallest absolute Gasteiger partial charge is 0.155 e. The molecule has 4 heteroatoms. The van der Waals surface area contributed by atoms with Gasteiger partial charge in [0.15, 0.2) is 9.84 Å². The molecule has 148 valence electrons. The predicted molar refractivity (Wildman–Crippen MR) is 113 cm³/mol. The van der Waals surface area contributed by atoms with Gasteiger partial charge in [0.25, 0.3) is 0 Å². The Kier molecular flexibility index (Phi) is 8.00. The van der Waals surface area contributed by atoms with Crippen molar-refractivity contribution in [3.63, 3.8) is 0 Å². The third-order valence-electron chi connectivity index (χ3n) is 5.47. The van der Waals surface area contributed by atoms with E-state index < -0.39 is 14.6 Å². The molecule has 1 saturated heterocycles. The van der Waals surface area contributed by atoms with Crippen LogP contribution in [0.3, 0.4) is 0 Å². The fourth-order valence-corrected chi connectivity index (χ4v) is 4.68. The van der Waals surface area contributed by atoms with E-state index in [1.165, 1.54) is 56.4 Å². The Labute approximate surface area is 161 Å². The lowest BCUT2D eigenvalue weighted by atomic mass is 10.0. The van der Waals surface area contributed by atoms with Crippen molar-refractivity contribution in [1.82, 2.24) is 0 Å². The molecule has 0 unspecified atom stereocenters. The Morgan fingerprint density at radius 2 is 1.42 bits per heavy atom. The number of piperidine rings is 1. The highest BCUT2D eigenvalue weighted by Gasteiger charge is 2.27. The molecule has 0 radical (unpaired) electrons. The van der Waals surface area contributed by atoms with Crippen LogP contribution < -0.4 is 4.90 Å². The molecule has 0 aromatic heterocycles. The summed E-state index contributed by atoms with van der Waals surface area (Å²) in [6.45, 7) is 7.77. The van der Waals surface area contributed by atoms with Gasteiger partial charge in [-0.1, -0.05) is 31.4 Å². The molecule has 0 amide bonds. The number of rotatable bonds is 9. The molecule has 0 aliphatic carbocycles. The number of sulfone groups is 1. The Hall–Kier alpha value is -1.03. The Balaban J connectivity index is 1.60. The number of aryl methyl sites for hydroxylation is 1. The van der Waals surface area contributed by atoms with Crippen LogP contribution >= 0.6 is 0 Å². The number of unbranched alkanes of at least 4 members (excludes halogenated alkanes) is 4. The summed E-state index contributed by atoms with van der Waals surface area (Å²) >= 11 is 0. The normalized spacial score (nSPS) is 16.0. The largest absolute Gasteiger partial charge is 0.372 e. The van der Waals surface area contributed by atoms with Crippen LogP contribution in [0.2, 0.25) is 0 Å². The van der Waals surface area contributed by atoms with Crippen LogP contribution in [0.4, 0.5) is 5.69 Å². The van der Waals surface area contributed by atoms with Crippen LogP contribution in [-0.2, 0) is 16.3 Å². The van der Waals surface area contributed by atoms with E-state index in [-0.39, 0.29) is 0 Å². The van der Waals surface area contributed by atoms with E-state index in [9.17, 15) is 8.42 Å². The molecule has 0 bridgehead atoms. The van der Waals surface area contributed by atoms with Gasteiger partial charge >= 0.3 is 0 Å². The van der Waals surface area contributed by atoms with Gasteiger partial charge in [0.2, 0.25) is 0 Å². The van der Waals surface area contributed by atoms with E-state index in [0.29, 0.717) is 5.75 Å². The minimum absolute atomic E-state index is 0.328. The summed E-state index contributed by atoms with van der Waals surface area (Å²) in [5.74, 6) is 0.328. The van der Waals surface area contributed by atoms with Crippen LogP contribution in [0.25, 0.3) is 0 Å². The predicted octanol–water partition coefficient (Wildman–Crippen LogP) is 5.38. The third kappa shape index (κ3) is 6.61. The summed E-state index contributed by atoms with van der Waals surface area (Å²) in [6.07, 6.45) is 10.5.